The van der Waals surface area contributed by atoms with Crippen molar-refractivity contribution in [2.45, 2.75) is 6.92 Å². The highest BCUT2D eigenvalue weighted by atomic mass is 35.5. The molecule has 19 heavy (non-hydrogen) atoms. The van der Waals surface area contributed by atoms with Crippen molar-refractivity contribution in [1.82, 2.24) is 0 Å². The van der Waals surface area contributed by atoms with Crippen molar-refractivity contribution >= 4 is 23.2 Å². The van der Waals surface area contributed by atoms with E-state index in [2.05, 4.69) is 5.32 Å². The van der Waals surface area contributed by atoms with Gasteiger partial charge in [-0.15, -0.1) is 0 Å². The van der Waals surface area contributed by atoms with Crippen molar-refractivity contribution in [2.75, 3.05) is 5.32 Å². The number of hydrogen-bond donors (Lipinski definition) is 2. The molecule has 5 heteroatoms. The zero-order chi connectivity index (χ0) is 14.0. The lowest BCUT2D eigenvalue weighted by atomic mass is 10.1. The van der Waals surface area contributed by atoms with Gasteiger partial charge in [-0.2, -0.15) is 0 Å². The number of phenolic OH excluding ortho intramolecular Hbond substituents is 1. The summed E-state index contributed by atoms with van der Waals surface area (Å²) in [7, 11) is 0. The quantitative estimate of drug-likeness (QED) is 0.880. The molecule has 0 fully saturated rings. The maximum Gasteiger partial charge on any atom is 0.259 e. The summed E-state index contributed by atoms with van der Waals surface area (Å²) >= 11 is 5.55. The number of amides is 1. The van der Waals surface area contributed by atoms with Gasteiger partial charge in [0.05, 0.1) is 10.6 Å². The summed E-state index contributed by atoms with van der Waals surface area (Å²) in [4.78, 5) is 12.0. The van der Waals surface area contributed by atoms with Crippen LogP contribution in [0.3, 0.4) is 0 Å². The second kappa shape index (κ2) is 5.28. The Balaban J connectivity index is 2.26. The van der Waals surface area contributed by atoms with Crippen LogP contribution in [0.2, 0.25) is 5.02 Å². The van der Waals surface area contributed by atoms with Gasteiger partial charge in [0.25, 0.3) is 5.91 Å². The van der Waals surface area contributed by atoms with Crippen LogP contribution in [-0.2, 0) is 0 Å². The normalized spacial score (nSPS) is 10.3. The number of carbonyl (C=O) groups is 1. The number of carbonyl (C=O) groups excluding carboxylic acids is 1. The molecule has 0 bridgehead atoms. The highest BCUT2D eigenvalue weighted by molar-refractivity contribution is 6.30. The maximum absolute atomic E-state index is 13.2. The van der Waals surface area contributed by atoms with Crippen LogP contribution in [0.4, 0.5) is 10.1 Å². The number of aryl methyl sites for hydroxylation is 1. The number of phenols is 1. The number of aromatic hydroxyl groups is 1. The fraction of sp³-hybridized carbons (Fsp3) is 0.0714. The van der Waals surface area contributed by atoms with Gasteiger partial charge in [0.15, 0.2) is 0 Å². The Morgan fingerprint density at radius 2 is 2.05 bits per heavy atom. The maximum atomic E-state index is 13.2. The molecular formula is C14H11ClFNO2. The van der Waals surface area contributed by atoms with Crippen LogP contribution in [0.25, 0.3) is 0 Å². The van der Waals surface area contributed by atoms with E-state index < -0.39 is 11.7 Å². The Labute approximate surface area is 114 Å². The molecular weight excluding hydrogens is 269 g/mol. The summed E-state index contributed by atoms with van der Waals surface area (Å²) in [5.41, 5.74) is 0.998. The molecule has 0 spiro atoms. The lowest BCUT2D eigenvalue weighted by Crippen LogP contribution is -2.12. The Morgan fingerprint density at radius 1 is 1.32 bits per heavy atom. The second-order valence-electron chi connectivity index (χ2n) is 4.05. The molecule has 0 aromatic heterocycles. The molecule has 98 valence electrons. The van der Waals surface area contributed by atoms with Crippen LogP contribution < -0.4 is 5.32 Å². The third kappa shape index (κ3) is 2.85. The first-order chi connectivity index (χ1) is 8.99. The van der Waals surface area contributed by atoms with Crippen molar-refractivity contribution in [3.63, 3.8) is 0 Å². The molecule has 2 aromatic rings. The Morgan fingerprint density at radius 3 is 2.74 bits per heavy atom. The van der Waals surface area contributed by atoms with Gasteiger partial charge in [0.2, 0.25) is 0 Å². The molecule has 0 aliphatic heterocycles. The molecule has 0 heterocycles. The van der Waals surface area contributed by atoms with E-state index in [1.165, 1.54) is 18.2 Å². The lowest BCUT2D eigenvalue weighted by molar-refractivity contribution is 0.102. The van der Waals surface area contributed by atoms with Gasteiger partial charge in [-0.1, -0.05) is 23.7 Å². The van der Waals surface area contributed by atoms with Gasteiger partial charge < -0.3 is 10.4 Å². The summed E-state index contributed by atoms with van der Waals surface area (Å²) in [5, 5.41) is 12.3. The van der Waals surface area contributed by atoms with Crippen LogP contribution in [0, 0.1) is 12.7 Å². The number of benzene rings is 2. The van der Waals surface area contributed by atoms with E-state index in [1.807, 2.05) is 0 Å². The van der Waals surface area contributed by atoms with Crippen molar-refractivity contribution in [3.8, 4) is 5.75 Å². The van der Waals surface area contributed by atoms with E-state index in [0.717, 1.165) is 6.07 Å². The molecule has 0 saturated carbocycles. The van der Waals surface area contributed by atoms with Crippen LogP contribution in [0.15, 0.2) is 36.4 Å². The van der Waals surface area contributed by atoms with E-state index in [-0.39, 0.29) is 22.0 Å². The lowest BCUT2D eigenvalue weighted by Gasteiger charge is -2.08. The van der Waals surface area contributed by atoms with E-state index in [4.69, 9.17) is 11.6 Å². The first kappa shape index (κ1) is 13.4. The van der Waals surface area contributed by atoms with Gasteiger partial charge >= 0.3 is 0 Å². The largest absolute Gasteiger partial charge is 0.507 e. The third-order valence-electron chi connectivity index (χ3n) is 2.66. The molecule has 1 amide bonds. The van der Waals surface area contributed by atoms with E-state index >= 15 is 0 Å². The molecule has 3 nitrogen and oxygen atoms in total. The van der Waals surface area contributed by atoms with Crippen LogP contribution >= 0.6 is 11.6 Å². The Bertz CT molecular complexity index is 643. The van der Waals surface area contributed by atoms with Gasteiger partial charge in [-0.05, 0) is 36.8 Å². The zero-order valence-corrected chi connectivity index (χ0v) is 10.8. The average molecular weight is 280 g/mol. The number of rotatable bonds is 2. The minimum absolute atomic E-state index is 0.0172. The molecule has 2 N–H and O–H groups in total. The molecule has 0 saturated heterocycles. The number of anilines is 1. The molecule has 0 aliphatic rings. The molecule has 2 rings (SSSR count). The fourth-order valence-corrected chi connectivity index (χ4v) is 1.73. The summed E-state index contributed by atoms with van der Waals surface area (Å²) in [6, 6.07) is 8.79. The van der Waals surface area contributed by atoms with Crippen LogP contribution in [0.5, 0.6) is 5.75 Å². The van der Waals surface area contributed by atoms with E-state index in [1.54, 1.807) is 19.1 Å². The number of hydrogen-bond acceptors (Lipinski definition) is 2. The second-order valence-corrected chi connectivity index (χ2v) is 4.46. The average Bonchev–Trinajstić information content (AvgIpc) is 2.37. The van der Waals surface area contributed by atoms with Crippen molar-refractivity contribution in [1.29, 1.82) is 0 Å². The Hall–Kier alpha value is -2.07. The van der Waals surface area contributed by atoms with Gasteiger partial charge in [0.1, 0.15) is 11.6 Å². The smallest absolute Gasteiger partial charge is 0.259 e. The fourth-order valence-electron chi connectivity index (χ4n) is 1.61. The topological polar surface area (TPSA) is 49.3 Å². The Kier molecular flexibility index (Phi) is 3.71. The van der Waals surface area contributed by atoms with Gasteiger partial charge in [0, 0.05) is 5.69 Å². The summed E-state index contributed by atoms with van der Waals surface area (Å²) in [5.74, 6) is -1.22. The predicted molar refractivity (Wildman–Crippen MR) is 72.2 cm³/mol. The first-order valence-corrected chi connectivity index (χ1v) is 5.92. The monoisotopic (exact) mass is 279 g/mol. The van der Waals surface area contributed by atoms with Gasteiger partial charge in [-0.3, -0.25) is 4.79 Å². The summed E-state index contributed by atoms with van der Waals surface area (Å²) < 4.78 is 13.2. The minimum atomic E-state index is -0.618. The number of nitrogens with one attached hydrogen (secondary N) is 1. The van der Waals surface area contributed by atoms with E-state index in [0.29, 0.717) is 5.56 Å². The summed E-state index contributed by atoms with van der Waals surface area (Å²) in [6.07, 6.45) is 0. The zero-order valence-electron chi connectivity index (χ0n) is 10.1. The van der Waals surface area contributed by atoms with Crippen LogP contribution in [0.1, 0.15) is 15.9 Å². The van der Waals surface area contributed by atoms with Crippen molar-refractivity contribution < 1.29 is 14.3 Å². The highest BCUT2D eigenvalue weighted by Gasteiger charge is 2.13. The molecule has 0 radical (unpaired) electrons. The number of halogens is 2. The van der Waals surface area contributed by atoms with Gasteiger partial charge in [-0.25, -0.2) is 4.39 Å². The minimum Gasteiger partial charge on any atom is -0.507 e. The third-order valence-corrected chi connectivity index (χ3v) is 2.97. The first-order valence-electron chi connectivity index (χ1n) is 5.54. The molecule has 2 aromatic carbocycles. The highest BCUT2D eigenvalue weighted by Crippen LogP contribution is 2.23. The number of para-hydroxylation sites is 1. The molecule has 0 aliphatic carbocycles. The standard InChI is InChI=1S/C14H11ClFNO2/c1-8-3-2-4-10(13(8)18)14(19)17-9-5-6-11(15)12(16)7-9/h2-7,18H,1H3,(H,17,19). The van der Waals surface area contributed by atoms with E-state index in [9.17, 15) is 14.3 Å². The van der Waals surface area contributed by atoms with Crippen molar-refractivity contribution in [3.05, 3.63) is 58.4 Å². The molecule has 0 atom stereocenters. The predicted octanol–water partition coefficient (Wildman–Crippen LogP) is 3.75. The summed E-state index contributed by atoms with van der Waals surface area (Å²) in [6.45, 7) is 1.69. The van der Waals surface area contributed by atoms with Crippen LogP contribution in [-0.4, -0.2) is 11.0 Å². The van der Waals surface area contributed by atoms with Crippen molar-refractivity contribution in [2.24, 2.45) is 0 Å². The molecule has 0 unspecified atom stereocenters. The SMILES string of the molecule is Cc1cccc(C(=O)Nc2ccc(Cl)c(F)c2)c1O.